The number of amides is 1. The van der Waals surface area contributed by atoms with Gasteiger partial charge < -0.3 is 14.1 Å². The highest BCUT2D eigenvalue weighted by Gasteiger charge is 2.27. The van der Waals surface area contributed by atoms with Crippen LogP contribution in [0.4, 0.5) is 0 Å². The van der Waals surface area contributed by atoms with Gasteiger partial charge in [0.25, 0.3) is 5.91 Å². The van der Waals surface area contributed by atoms with Gasteiger partial charge in [0.05, 0.1) is 19.4 Å². The molecule has 1 aliphatic rings. The van der Waals surface area contributed by atoms with E-state index in [0.29, 0.717) is 25.5 Å². The highest BCUT2D eigenvalue weighted by molar-refractivity contribution is 5.91. The van der Waals surface area contributed by atoms with Gasteiger partial charge in [-0.15, -0.1) is 0 Å². The van der Waals surface area contributed by atoms with Crippen LogP contribution in [0.2, 0.25) is 0 Å². The third kappa shape index (κ3) is 2.60. The number of hydrogen-bond donors (Lipinski definition) is 0. The number of carbonyl (C=O) groups excluding carboxylic acids is 1. The van der Waals surface area contributed by atoms with Gasteiger partial charge in [0.15, 0.2) is 5.76 Å². The average Bonchev–Trinajstić information content (AvgIpc) is 3.01. The summed E-state index contributed by atoms with van der Waals surface area (Å²) in [6.07, 6.45) is 1.45. The van der Waals surface area contributed by atoms with Gasteiger partial charge in [-0.2, -0.15) is 0 Å². The molecule has 1 fully saturated rings. The van der Waals surface area contributed by atoms with E-state index in [1.54, 1.807) is 17.0 Å². The molecule has 1 aromatic carbocycles. The third-order valence-corrected chi connectivity index (χ3v) is 3.53. The second-order valence-corrected chi connectivity index (χ2v) is 5.00. The zero-order valence-corrected chi connectivity index (χ0v) is 11.4. The van der Waals surface area contributed by atoms with Crippen molar-refractivity contribution in [2.75, 3.05) is 19.7 Å². The van der Waals surface area contributed by atoms with Crippen molar-refractivity contribution in [1.82, 2.24) is 4.90 Å². The van der Waals surface area contributed by atoms with Crippen LogP contribution in [0.15, 0.2) is 47.1 Å². The van der Waals surface area contributed by atoms with Crippen LogP contribution in [0.25, 0.3) is 0 Å². The summed E-state index contributed by atoms with van der Waals surface area (Å²) < 4.78 is 11.0. The number of aryl methyl sites for hydroxylation is 1. The average molecular weight is 271 g/mol. The molecule has 2 heterocycles. The third-order valence-electron chi connectivity index (χ3n) is 3.53. The number of ether oxygens (including phenoxy) is 1. The van der Waals surface area contributed by atoms with Gasteiger partial charge in [0.2, 0.25) is 0 Å². The van der Waals surface area contributed by atoms with Crippen molar-refractivity contribution in [3.63, 3.8) is 0 Å². The Bertz CT molecular complexity index is 574. The maximum atomic E-state index is 12.3. The largest absolute Gasteiger partial charge is 0.459 e. The van der Waals surface area contributed by atoms with Crippen LogP contribution in [-0.4, -0.2) is 30.5 Å². The predicted molar refractivity (Wildman–Crippen MR) is 74.5 cm³/mol. The van der Waals surface area contributed by atoms with Gasteiger partial charge in [-0.25, -0.2) is 0 Å². The molecule has 0 unspecified atom stereocenters. The van der Waals surface area contributed by atoms with Gasteiger partial charge in [0, 0.05) is 6.54 Å². The summed E-state index contributed by atoms with van der Waals surface area (Å²) in [6, 6.07) is 11.7. The number of nitrogens with zero attached hydrogens (tertiary/aromatic N) is 1. The van der Waals surface area contributed by atoms with Crippen molar-refractivity contribution in [2.45, 2.75) is 13.0 Å². The van der Waals surface area contributed by atoms with E-state index < -0.39 is 0 Å². The molecule has 0 N–H and O–H groups in total. The summed E-state index contributed by atoms with van der Waals surface area (Å²) in [5, 5.41) is 0. The van der Waals surface area contributed by atoms with Crippen LogP contribution in [0.3, 0.4) is 0 Å². The molecule has 1 aliphatic heterocycles. The van der Waals surface area contributed by atoms with E-state index in [-0.39, 0.29) is 12.0 Å². The van der Waals surface area contributed by atoms with E-state index in [1.165, 1.54) is 11.8 Å². The maximum absolute atomic E-state index is 12.3. The second-order valence-electron chi connectivity index (χ2n) is 5.00. The molecule has 1 atom stereocenters. The number of carbonyl (C=O) groups is 1. The lowest BCUT2D eigenvalue weighted by molar-refractivity contribution is -0.0237. The first-order valence-corrected chi connectivity index (χ1v) is 6.75. The monoisotopic (exact) mass is 271 g/mol. The molecular formula is C16H17NO3. The standard InChI is InChI=1S/C16H17NO3/c1-12-4-6-13(7-5-12)15-11-17(8-10-20-15)16(18)14-3-2-9-19-14/h2-7,9,15H,8,10-11H2,1H3/t15-/m0/s1. The first kappa shape index (κ1) is 12.9. The minimum absolute atomic E-state index is 0.0664. The molecule has 0 radical (unpaired) electrons. The molecule has 0 saturated carbocycles. The van der Waals surface area contributed by atoms with Crippen LogP contribution < -0.4 is 0 Å². The molecular weight excluding hydrogens is 254 g/mol. The van der Waals surface area contributed by atoms with Crippen LogP contribution >= 0.6 is 0 Å². The number of benzene rings is 1. The molecule has 1 aromatic heterocycles. The molecule has 20 heavy (non-hydrogen) atoms. The smallest absolute Gasteiger partial charge is 0.289 e. The predicted octanol–water partition coefficient (Wildman–Crippen LogP) is 2.80. The summed E-state index contributed by atoms with van der Waals surface area (Å²) in [7, 11) is 0. The van der Waals surface area contributed by atoms with Crippen molar-refractivity contribution in [2.24, 2.45) is 0 Å². The summed E-state index contributed by atoms with van der Waals surface area (Å²) in [5.74, 6) is 0.310. The number of hydrogen-bond acceptors (Lipinski definition) is 3. The molecule has 1 amide bonds. The maximum Gasteiger partial charge on any atom is 0.289 e. The highest BCUT2D eigenvalue weighted by atomic mass is 16.5. The normalized spacial score (nSPS) is 19.1. The topological polar surface area (TPSA) is 42.7 Å². The lowest BCUT2D eigenvalue weighted by Gasteiger charge is -2.32. The second kappa shape index (κ2) is 5.51. The quantitative estimate of drug-likeness (QED) is 0.843. The lowest BCUT2D eigenvalue weighted by Crippen LogP contribution is -2.42. The molecule has 104 valence electrons. The van der Waals surface area contributed by atoms with Crippen molar-refractivity contribution < 1.29 is 13.9 Å². The molecule has 2 aromatic rings. The van der Waals surface area contributed by atoms with Crippen LogP contribution in [0, 0.1) is 6.92 Å². The summed E-state index contributed by atoms with van der Waals surface area (Å²) in [6.45, 7) is 3.76. The Morgan fingerprint density at radius 3 is 2.75 bits per heavy atom. The summed E-state index contributed by atoms with van der Waals surface area (Å²) >= 11 is 0. The van der Waals surface area contributed by atoms with Gasteiger partial charge in [-0.3, -0.25) is 4.79 Å². The fraction of sp³-hybridized carbons (Fsp3) is 0.312. The Balaban J connectivity index is 1.73. The van der Waals surface area contributed by atoms with Gasteiger partial charge in [-0.1, -0.05) is 29.8 Å². The minimum Gasteiger partial charge on any atom is -0.459 e. The zero-order valence-electron chi connectivity index (χ0n) is 11.4. The Morgan fingerprint density at radius 2 is 2.05 bits per heavy atom. The fourth-order valence-electron chi connectivity index (χ4n) is 2.37. The molecule has 4 heteroatoms. The SMILES string of the molecule is Cc1ccc([C@@H]2CN(C(=O)c3ccco3)CCO2)cc1. The van der Waals surface area contributed by atoms with Crippen molar-refractivity contribution in [1.29, 1.82) is 0 Å². The van der Waals surface area contributed by atoms with Crippen molar-refractivity contribution in [3.8, 4) is 0 Å². The molecule has 0 spiro atoms. The van der Waals surface area contributed by atoms with Gasteiger partial charge >= 0.3 is 0 Å². The van der Waals surface area contributed by atoms with E-state index in [4.69, 9.17) is 9.15 Å². The van der Waals surface area contributed by atoms with Crippen LogP contribution in [-0.2, 0) is 4.74 Å². The van der Waals surface area contributed by atoms with Gasteiger partial charge in [0.1, 0.15) is 6.10 Å². The Morgan fingerprint density at radius 1 is 1.25 bits per heavy atom. The van der Waals surface area contributed by atoms with E-state index in [0.717, 1.165) is 5.56 Å². The van der Waals surface area contributed by atoms with Crippen LogP contribution in [0.5, 0.6) is 0 Å². The van der Waals surface area contributed by atoms with E-state index >= 15 is 0 Å². The van der Waals surface area contributed by atoms with E-state index in [2.05, 4.69) is 31.2 Å². The lowest BCUT2D eigenvalue weighted by atomic mass is 10.1. The summed E-state index contributed by atoms with van der Waals surface area (Å²) in [5.41, 5.74) is 2.32. The van der Waals surface area contributed by atoms with E-state index in [9.17, 15) is 4.79 Å². The molecule has 3 rings (SSSR count). The fourth-order valence-corrected chi connectivity index (χ4v) is 2.37. The number of morpholine rings is 1. The first-order valence-electron chi connectivity index (χ1n) is 6.75. The first-order chi connectivity index (χ1) is 9.74. The number of rotatable bonds is 2. The van der Waals surface area contributed by atoms with E-state index in [1.807, 2.05) is 0 Å². The molecule has 0 bridgehead atoms. The Hall–Kier alpha value is -2.07. The van der Waals surface area contributed by atoms with Gasteiger partial charge in [-0.05, 0) is 24.6 Å². The van der Waals surface area contributed by atoms with Crippen molar-refractivity contribution >= 4 is 5.91 Å². The highest BCUT2D eigenvalue weighted by Crippen LogP contribution is 2.23. The van der Waals surface area contributed by atoms with Crippen LogP contribution in [0.1, 0.15) is 27.8 Å². The Kier molecular flexibility index (Phi) is 3.56. The number of furan rings is 1. The zero-order chi connectivity index (χ0) is 13.9. The molecule has 0 aliphatic carbocycles. The minimum atomic E-state index is -0.0737. The Labute approximate surface area is 118 Å². The molecule has 4 nitrogen and oxygen atoms in total. The van der Waals surface area contributed by atoms with Crippen molar-refractivity contribution in [3.05, 3.63) is 59.5 Å². The molecule has 1 saturated heterocycles. The summed E-state index contributed by atoms with van der Waals surface area (Å²) in [4.78, 5) is 14.1.